The van der Waals surface area contributed by atoms with Crippen LogP contribution >= 0.6 is 15.9 Å². The Kier molecular flexibility index (Phi) is 6.17. The molecule has 102 valence electrons. The zero-order valence-electron chi connectivity index (χ0n) is 10.1. The standard InChI is InChI=1S/C12H14BrN3O3/c13-9-4-1-2-5-10(9)15-11(18)12(19)16(8-17)7-3-6-14/h1-2,4-5,8H,3,6-7,14H2,(H,15,18). The number of carbonyl (C=O) groups is 3. The van der Waals surface area contributed by atoms with Crippen molar-refractivity contribution in [3.8, 4) is 0 Å². The van der Waals surface area contributed by atoms with Crippen LogP contribution in [0.15, 0.2) is 28.7 Å². The van der Waals surface area contributed by atoms with Crippen LogP contribution in [0.3, 0.4) is 0 Å². The molecule has 0 bridgehead atoms. The number of nitrogens with one attached hydrogen (secondary N) is 1. The van der Waals surface area contributed by atoms with Gasteiger partial charge in [0.15, 0.2) is 0 Å². The van der Waals surface area contributed by atoms with Crippen LogP contribution < -0.4 is 11.1 Å². The minimum atomic E-state index is -0.904. The number of carbonyl (C=O) groups excluding carboxylic acids is 3. The quantitative estimate of drug-likeness (QED) is 0.615. The third kappa shape index (κ3) is 4.46. The van der Waals surface area contributed by atoms with E-state index in [1.807, 2.05) is 0 Å². The Morgan fingerprint density at radius 2 is 2.05 bits per heavy atom. The summed E-state index contributed by atoms with van der Waals surface area (Å²) in [7, 11) is 0. The van der Waals surface area contributed by atoms with Crippen molar-refractivity contribution in [2.45, 2.75) is 6.42 Å². The first-order valence-corrected chi connectivity index (χ1v) is 6.41. The van der Waals surface area contributed by atoms with E-state index < -0.39 is 11.8 Å². The normalized spacial score (nSPS) is 9.79. The van der Waals surface area contributed by atoms with Gasteiger partial charge in [-0.1, -0.05) is 12.1 Å². The van der Waals surface area contributed by atoms with E-state index in [9.17, 15) is 14.4 Å². The number of hydrogen-bond donors (Lipinski definition) is 2. The topological polar surface area (TPSA) is 92.5 Å². The fourth-order valence-electron chi connectivity index (χ4n) is 1.33. The molecule has 3 amide bonds. The second kappa shape index (κ2) is 7.65. The molecule has 0 saturated heterocycles. The molecule has 0 aromatic heterocycles. The molecule has 0 atom stereocenters. The van der Waals surface area contributed by atoms with E-state index in [0.717, 1.165) is 4.90 Å². The van der Waals surface area contributed by atoms with Crippen LogP contribution in [-0.4, -0.2) is 36.2 Å². The smallest absolute Gasteiger partial charge is 0.318 e. The van der Waals surface area contributed by atoms with Gasteiger partial charge in [0.25, 0.3) is 0 Å². The van der Waals surface area contributed by atoms with Crippen LogP contribution in [-0.2, 0) is 14.4 Å². The molecule has 19 heavy (non-hydrogen) atoms. The van der Waals surface area contributed by atoms with Crippen molar-refractivity contribution < 1.29 is 14.4 Å². The number of anilines is 1. The molecule has 1 aromatic carbocycles. The van der Waals surface area contributed by atoms with Crippen molar-refractivity contribution in [2.24, 2.45) is 5.73 Å². The molecule has 0 unspecified atom stereocenters. The van der Waals surface area contributed by atoms with Crippen molar-refractivity contribution >= 4 is 39.8 Å². The van der Waals surface area contributed by atoms with Gasteiger partial charge in [0.1, 0.15) is 0 Å². The van der Waals surface area contributed by atoms with Gasteiger partial charge in [-0.2, -0.15) is 0 Å². The molecule has 0 saturated carbocycles. The van der Waals surface area contributed by atoms with Gasteiger partial charge in [-0.3, -0.25) is 19.3 Å². The van der Waals surface area contributed by atoms with Crippen molar-refractivity contribution in [1.82, 2.24) is 4.90 Å². The van der Waals surface area contributed by atoms with Gasteiger partial charge in [0.05, 0.1) is 5.69 Å². The molecule has 1 aromatic rings. The highest BCUT2D eigenvalue weighted by molar-refractivity contribution is 9.10. The summed E-state index contributed by atoms with van der Waals surface area (Å²) in [6.07, 6.45) is 0.782. The number of halogens is 1. The molecule has 0 heterocycles. The second-order valence-electron chi connectivity index (χ2n) is 3.68. The van der Waals surface area contributed by atoms with Crippen LogP contribution in [0.2, 0.25) is 0 Å². The van der Waals surface area contributed by atoms with Gasteiger partial charge in [0, 0.05) is 11.0 Å². The summed E-state index contributed by atoms with van der Waals surface area (Å²) in [6, 6.07) is 6.86. The van der Waals surface area contributed by atoms with E-state index in [4.69, 9.17) is 5.73 Å². The van der Waals surface area contributed by atoms with Gasteiger partial charge >= 0.3 is 11.8 Å². The first-order chi connectivity index (χ1) is 9.10. The Bertz CT molecular complexity index is 479. The Hall–Kier alpha value is -1.73. The summed E-state index contributed by atoms with van der Waals surface area (Å²) >= 11 is 3.24. The Labute approximate surface area is 119 Å². The predicted octanol–water partition coefficient (Wildman–Crippen LogP) is 0.721. The lowest BCUT2D eigenvalue weighted by atomic mass is 10.3. The average molecular weight is 328 g/mol. The summed E-state index contributed by atoms with van der Waals surface area (Å²) in [6.45, 7) is 0.464. The largest absolute Gasteiger partial charge is 0.330 e. The minimum Gasteiger partial charge on any atom is -0.330 e. The van der Waals surface area contributed by atoms with Gasteiger partial charge in [-0.15, -0.1) is 0 Å². The zero-order chi connectivity index (χ0) is 14.3. The van der Waals surface area contributed by atoms with E-state index >= 15 is 0 Å². The Morgan fingerprint density at radius 1 is 1.37 bits per heavy atom. The number of nitrogens with two attached hydrogens (primary N) is 1. The fraction of sp³-hybridized carbons (Fsp3) is 0.250. The van der Waals surface area contributed by atoms with Crippen LogP contribution in [0.25, 0.3) is 0 Å². The maximum Gasteiger partial charge on any atom is 0.318 e. The van der Waals surface area contributed by atoms with E-state index in [2.05, 4.69) is 21.2 Å². The summed E-state index contributed by atoms with van der Waals surface area (Å²) in [5.74, 6) is -1.77. The number of hydrogen-bond acceptors (Lipinski definition) is 4. The fourth-order valence-corrected chi connectivity index (χ4v) is 1.72. The molecule has 0 radical (unpaired) electrons. The second-order valence-corrected chi connectivity index (χ2v) is 4.53. The number of rotatable bonds is 5. The van der Waals surface area contributed by atoms with E-state index in [1.54, 1.807) is 24.3 Å². The maximum absolute atomic E-state index is 11.7. The number of imide groups is 1. The third-order valence-corrected chi connectivity index (χ3v) is 3.00. The molecule has 7 heteroatoms. The van der Waals surface area contributed by atoms with Crippen LogP contribution in [0.5, 0.6) is 0 Å². The monoisotopic (exact) mass is 327 g/mol. The molecule has 0 aliphatic rings. The highest BCUT2D eigenvalue weighted by Crippen LogP contribution is 2.21. The molecule has 0 fully saturated rings. The average Bonchev–Trinajstić information content (AvgIpc) is 2.42. The number of para-hydroxylation sites is 1. The first-order valence-electron chi connectivity index (χ1n) is 5.62. The highest BCUT2D eigenvalue weighted by Gasteiger charge is 2.21. The van der Waals surface area contributed by atoms with Gasteiger partial charge in [-0.25, -0.2) is 0 Å². The first kappa shape index (κ1) is 15.3. The molecule has 0 spiro atoms. The number of benzene rings is 1. The molecule has 1 rings (SSSR count). The van der Waals surface area contributed by atoms with Gasteiger partial charge in [-0.05, 0) is 41.0 Å². The third-order valence-electron chi connectivity index (χ3n) is 2.31. The molecule has 0 aliphatic heterocycles. The molecular formula is C12H14BrN3O3. The lowest BCUT2D eigenvalue weighted by Gasteiger charge is -2.14. The molecule has 0 aliphatic carbocycles. The van der Waals surface area contributed by atoms with Crippen molar-refractivity contribution in [3.05, 3.63) is 28.7 Å². The van der Waals surface area contributed by atoms with Gasteiger partial charge in [0.2, 0.25) is 6.41 Å². The summed E-state index contributed by atoms with van der Waals surface area (Å²) in [5, 5.41) is 2.43. The van der Waals surface area contributed by atoms with E-state index in [1.165, 1.54) is 0 Å². The molecule has 3 N–H and O–H groups in total. The minimum absolute atomic E-state index is 0.127. The zero-order valence-corrected chi connectivity index (χ0v) is 11.7. The van der Waals surface area contributed by atoms with E-state index in [0.29, 0.717) is 29.5 Å². The Balaban J connectivity index is 2.69. The Morgan fingerprint density at radius 3 is 2.63 bits per heavy atom. The summed E-state index contributed by atoms with van der Waals surface area (Å²) in [4.78, 5) is 35.0. The number of amides is 3. The highest BCUT2D eigenvalue weighted by atomic mass is 79.9. The lowest BCUT2D eigenvalue weighted by molar-refractivity contribution is -0.146. The number of nitrogens with zero attached hydrogens (tertiary/aromatic N) is 1. The van der Waals surface area contributed by atoms with Crippen molar-refractivity contribution in [1.29, 1.82) is 0 Å². The van der Waals surface area contributed by atoms with Crippen LogP contribution in [0, 0.1) is 0 Å². The summed E-state index contributed by atoms with van der Waals surface area (Å²) < 4.78 is 0.649. The summed E-state index contributed by atoms with van der Waals surface area (Å²) in [5.41, 5.74) is 5.75. The van der Waals surface area contributed by atoms with Crippen molar-refractivity contribution in [3.63, 3.8) is 0 Å². The SMILES string of the molecule is NCCCN(C=O)C(=O)C(=O)Nc1ccccc1Br. The van der Waals surface area contributed by atoms with Crippen molar-refractivity contribution in [2.75, 3.05) is 18.4 Å². The van der Waals surface area contributed by atoms with E-state index in [-0.39, 0.29) is 6.54 Å². The lowest BCUT2D eigenvalue weighted by Crippen LogP contribution is -2.40. The molecule has 6 nitrogen and oxygen atoms in total. The van der Waals surface area contributed by atoms with Crippen LogP contribution in [0.1, 0.15) is 6.42 Å². The molecular weight excluding hydrogens is 314 g/mol. The van der Waals surface area contributed by atoms with Crippen LogP contribution in [0.4, 0.5) is 5.69 Å². The predicted molar refractivity (Wildman–Crippen MR) is 74.2 cm³/mol. The maximum atomic E-state index is 11.7. The van der Waals surface area contributed by atoms with Gasteiger partial charge < -0.3 is 11.1 Å².